The largest absolute Gasteiger partial charge is 0.476 e. The van der Waals surface area contributed by atoms with Gasteiger partial charge in [-0.3, -0.25) is 4.79 Å². The third-order valence-electron chi connectivity index (χ3n) is 3.82. The van der Waals surface area contributed by atoms with Crippen molar-refractivity contribution >= 4 is 28.9 Å². The number of carbonyl (C=O) groups is 2. The minimum Gasteiger partial charge on any atom is -0.476 e. The number of anilines is 1. The van der Waals surface area contributed by atoms with Crippen LogP contribution in [0.1, 0.15) is 33.0 Å². The van der Waals surface area contributed by atoms with Gasteiger partial charge >= 0.3 is 5.97 Å². The predicted molar refractivity (Wildman–Crippen MR) is 82.6 cm³/mol. The van der Waals surface area contributed by atoms with Crippen LogP contribution in [0.15, 0.2) is 29.6 Å². The number of rotatable bonds is 4. The average Bonchev–Trinajstić information content (AvgIpc) is 3.09. The van der Waals surface area contributed by atoms with Gasteiger partial charge in [-0.05, 0) is 36.4 Å². The molecule has 0 bridgehead atoms. The van der Waals surface area contributed by atoms with E-state index in [0.717, 1.165) is 30.8 Å². The summed E-state index contributed by atoms with van der Waals surface area (Å²) in [4.78, 5) is 26.0. The summed E-state index contributed by atoms with van der Waals surface area (Å²) in [7, 11) is 0. The second kappa shape index (κ2) is 6.23. The summed E-state index contributed by atoms with van der Waals surface area (Å²) >= 11 is 1.49. The summed E-state index contributed by atoms with van der Waals surface area (Å²) in [6, 6.07) is 6.88. The lowest BCUT2D eigenvalue weighted by Crippen LogP contribution is -2.36. The smallest absolute Gasteiger partial charge is 0.356 e. The van der Waals surface area contributed by atoms with E-state index in [2.05, 4.69) is 10.2 Å². The Morgan fingerprint density at radius 3 is 2.50 bits per heavy atom. The highest BCUT2D eigenvalue weighted by Gasteiger charge is 2.27. The molecule has 0 atom stereocenters. The lowest BCUT2D eigenvalue weighted by Gasteiger charge is -2.31. The number of piperidine rings is 1. The number of carboxylic acids is 1. The summed E-state index contributed by atoms with van der Waals surface area (Å²) in [6.07, 6.45) is 1.55. The highest BCUT2D eigenvalue weighted by atomic mass is 32.1. The molecule has 0 unspecified atom stereocenters. The van der Waals surface area contributed by atoms with E-state index in [0.29, 0.717) is 5.82 Å². The van der Waals surface area contributed by atoms with Crippen LogP contribution in [0.4, 0.5) is 5.82 Å². The second-order valence-corrected chi connectivity index (χ2v) is 6.13. The number of aromatic carboxylic acids is 1. The van der Waals surface area contributed by atoms with Gasteiger partial charge in [0, 0.05) is 19.0 Å². The summed E-state index contributed by atoms with van der Waals surface area (Å²) in [5.74, 6) is -0.144. The molecule has 22 heavy (non-hydrogen) atoms. The third-order valence-corrected chi connectivity index (χ3v) is 4.71. The number of Topliss-reactive ketones (excluding diaryl/α,β-unsaturated/α-hetero) is 1. The van der Waals surface area contributed by atoms with Crippen molar-refractivity contribution in [1.29, 1.82) is 0 Å². The van der Waals surface area contributed by atoms with Crippen LogP contribution in [-0.2, 0) is 0 Å². The number of carbonyl (C=O) groups excluding carboxylic acids is 1. The van der Waals surface area contributed by atoms with E-state index in [4.69, 9.17) is 5.11 Å². The van der Waals surface area contributed by atoms with E-state index in [9.17, 15) is 9.59 Å². The van der Waals surface area contributed by atoms with Crippen LogP contribution in [0, 0.1) is 5.92 Å². The quantitative estimate of drug-likeness (QED) is 0.871. The van der Waals surface area contributed by atoms with Gasteiger partial charge in [0.25, 0.3) is 0 Å². The van der Waals surface area contributed by atoms with Gasteiger partial charge in [-0.1, -0.05) is 6.07 Å². The second-order valence-electron chi connectivity index (χ2n) is 5.18. The van der Waals surface area contributed by atoms with E-state index in [-0.39, 0.29) is 17.4 Å². The lowest BCUT2D eigenvalue weighted by molar-refractivity contribution is 0.0688. The van der Waals surface area contributed by atoms with Gasteiger partial charge in [-0.15, -0.1) is 21.5 Å². The van der Waals surface area contributed by atoms with Crippen molar-refractivity contribution < 1.29 is 14.7 Å². The highest BCUT2D eigenvalue weighted by molar-refractivity contribution is 7.12. The van der Waals surface area contributed by atoms with Crippen LogP contribution < -0.4 is 4.90 Å². The zero-order valence-electron chi connectivity index (χ0n) is 11.8. The lowest BCUT2D eigenvalue weighted by atomic mass is 9.92. The molecule has 0 aromatic carbocycles. The normalized spacial score (nSPS) is 15.7. The van der Waals surface area contributed by atoms with Crippen molar-refractivity contribution in [3.05, 3.63) is 40.2 Å². The molecule has 0 radical (unpaired) electrons. The molecule has 6 nitrogen and oxygen atoms in total. The Bertz CT molecular complexity index is 662. The zero-order valence-corrected chi connectivity index (χ0v) is 12.6. The molecule has 1 aliphatic rings. The van der Waals surface area contributed by atoms with Crippen LogP contribution >= 0.6 is 11.3 Å². The molecule has 0 spiro atoms. The molecule has 0 amide bonds. The van der Waals surface area contributed by atoms with Crippen molar-refractivity contribution in [3.63, 3.8) is 0 Å². The number of nitrogens with zero attached hydrogens (tertiary/aromatic N) is 3. The summed E-state index contributed by atoms with van der Waals surface area (Å²) in [5, 5.41) is 18.4. The van der Waals surface area contributed by atoms with Crippen molar-refractivity contribution in [1.82, 2.24) is 10.2 Å². The van der Waals surface area contributed by atoms with Gasteiger partial charge in [-0.2, -0.15) is 0 Å². The Hall–Kier alpha value is -2.28. The monoisotopic (exact) mass is 317 g/mol. The minimum absolute atomic E-state index is 0.0566. The van der Waals surface area contributed by atoms with Crippen molar-refractivity contribution in [3.8, 4) is 0 Å². The van der Waals surface area contributed by atoms with Gasteiger partial charge < -0.3 is 10.0 Å². The Balaban J connectivity index is 1.62. The van der Waals surface area contributed by atoms with Crippen LogP contribution in [0.2, 0.25) is 0 Å². The molecule has 1 N–H and O–H groups in total. The molecule has 1 saturated heterocycles. The van der Waals surface area contributed by atoms with Gasteiger partial charge in [0.2, 0.25) is 0 Å². The van der Waals surface area contributed by atoms with Gasteiger partial charge in [0.1, 0.15) is 0 Å². The molecule has 1 fully saturated rings. The molecule has 0 saturated carbocycles. The van der Waals surface area contributed by atoms with E-state index >= 15 is 0 Å². The molecule has 7 heteroatoms. The number of thiophene rings is 1. The van der Waals surface area contributed by atoms with E-state index in [1.54, 1.807) is 6.07 Å². The van der Waals surface area contributed by atoms with E-state index in [1.165, 1.54) is 17.4 Å². The van der Waals surface area contributed by atoms with Gasteiger partial charge in [0.15, 0.2) is 17.3 Å². The van der Waals surface area contributed by atoms with Crippen molar-refractivity contribution in [2.75, 3.05) is 18.0 Å². The summed E-state index contributed by atoms with van der Waals surface area (Å²) < 4.78 is 0. The molecule has 0 aliphatic carbocycles. The molecule has 3 heterocycles. The first-order valence-corrected chi connectivity index (χ1v) is 7.93. The van der Waals surface area contributed by atoms with Crippen molar-refractivity contribution in [2.45, 2.75) is 12.8 Å². The van der Waals surface area contributed by atoms with Crippen LogP contribution in [0.3, 0.4) is 0 Å². The molecular weight excluding hydrogens is 302 g/mol. The maximum Gasteiger partial charge on any atom is 0.356 e. The maximum atomic E-state index is 12.3. The summed E-state index contributed by atoms with van der Waals surface area (Å²) in [6.45, 7) is 1.45. The standard InChI is InChI=1S/C15H15N3O3S/c19-14(12-2-1-9-22-12)10-5-7-18(8-6-10)13-4-3-11(15(20)21)16-17-13/h1-4,9-10H,5-8H2,(H,20,21). The molecule has 2 aromatic rings. The maximum absolute atomic E-state index is 12.3. The third kappa shape index (κ3) is 2.99. The predicted octanol–water partition coefficient (Wildman–Crippen LogP) is 2.34. The number of aromatic nitrogens is 2. The van der Waals surface area contributed by atoms with Crippen LogP contribution in [0.25, 0.3) is 0 Å². The Morgan fingerprint density at radius 1 is 1.18 bits per heavy atom. The number of hydrogen-bond acceptors (Lipinski definition) is 6. The fraction of sp³-hybridized carbons (Fsp3) is 0.333. The molecule has 1 aliphatic heterocycles. The number of hydrogen-bond donors (Lipinski definition) is 1. The molecule has 114 valence electrons. The van der Waals surface area contributed by atoms with Crippen LogP contribution in [0.5, 0.6) is 0 Å². The van der Waals surface area contributed by atoms with Crippen LogP contribution in [-0.4, -0.2) is 40.1 Å². The topological polar surface area (TPSA) is 83.4 Å². The first-order valence-electron chi connectivity index (χ1n) is 7.05. The first-order chi connectivity index (χ1) is 10.6. The molecular formula is C15H15N3O3S. The van der Waals surface area contributed by atoms with E-state index in [1.807, 2.05) is 22.4 Å². The number of carboxylic acid groups (broad SMARTS) is 1. The molecule has 2 aromatic heterocycles. The van der Waals surface area contributed by atoms with Crippen molar-refractivity contribution in [2.24, 2.45) is 5.92 Å². The van der Waals surface area contributed by atoms with E-state index < -0.39 is 5.97 Å². The average molecular weight is 317 g/mol. The fourth-order valence-corrected chi connectivity index (χ4v) is 3.34. The Kier molecular flexibility index (Phi) is 4.15. The minimum atomic E-state index is -1.08. The fourth-order valence-electron chi connectivity index (χ4n) is 2.60. The first kappa shape index (κ1) is 14.6. The SMILES string of the molecule is O=C(O)c1ccc(N2CCC(C(=O)c3cccs3)CC2)nn1. The molecule has 3 rings (SSSR count). The number of ketones is 1. The van der Waals surface area contributed by atoms with Gasteiger partial charge in [-0.25, -0.2) is 4.79 Å². The highest BCUT2D eigenvalue weighted by Crippen LogP contribution is 2.26. The van der Waals surface area contributed by atoms with Gasteiger partial charge in [0.05, 0.1) is 4.88 Å². The summed E-state index contributed by atoms with van der Waals surface area (Å²) in [5.41, 5.74) is -0.0634. The Labute approximate surface area is 131 Å². The Morgan fingerprint density at radius 2 is 1.95 bits per heavy atom. The zero-order chi connectivity index (χ0) is 15.5.